The summed E-state index contributed by atoms with van der Waals surface area (Å²) in [5, 5.41) is 4.59. The third-order valence-electron chi connectivity index (χ3n) is 2.00. The lowest BCUT2D eigenvalue weighted by atomic mass is 10.1. The van der Waals surface area contributed by atoms with Gasteiger partial charge in [-0.15, -0.1) is 0 Å². The lowest BCUT2D eigenvalue weighted by molar-refractivity contribution is -0.567. The van der Waals surface area contributed by atoms with Crippen molar-refractivity contribution in [2.75, 3.05) is 20.1 Å². The first kappa shape index (κ1) is 10.9. The molecule has 0 saturated carbocycles. The number of carbonyl (C=O) groups excluding carboxylic acids is 1. The van der Waals surface area contributed by atoms with Crippen LogP contribution in [-0.2, 0) is 11.2 Å². The largest absolute Gasteiger partial charge is 0.324 e. The van der Waals surface area contributed by atoms with Gasteiger partial charge in [-0.1, -0.05) is 30.3 Å². The molecule has 0 aliphatic rings. The van der Waals surface area contributed by atoms with Gasteiger partial charge in [0.2, 0.25) is 0 Å². The summed E-state index contributed by atoms with van der Waals surface area (Å²) in [5.41, 5.74) is 1.28. The number of nitrogens with one attached hydrogen (secondary N) is 1. The monoisotopic (exact) mass is 193 g/mol. The van der Waals surface area contributed by atoms with E-state index in [2.05, 4.69) is 17.4 Å². The van der Waals surface area contributed by atoms with Crippen LogP contribution in [0.1, 0.15) is 5.56 Å². The van der Waals surface area contributed by atoms with E-state index in [1.807, 2.05) is 18.2 Å². The SMILES string of the molecule is CNCC(=O)[NH2+]CCc1ccccc1. The van der Waals surface area contributed by atoms with Crippen LogP contribution < -0.4 is 10.6 Å². The van der Waals surface area contributed by atoms with Crippen molar-refractivity contribution < 1.29 is 10.1 Å². The Morgan fingerprint density at radius 1 is 1.36 bits per heavy atom. The summed E-state index contributed by atoms with van der Waals surface area (Å²) < 4.78 is 0. The van der Waals surface area contributed by atoms with Crippen LogP contribution in [0, 0.1) is 0 Å². The van der Waals surface area contributed by atoms with Crippen LogP contribution in [0.2, 0.25) is 0 Å². The van der Waals surface area contributed by atoms with Gasteiger partial charge in [0, 0.05) is 6.42 Å². The number of hydrogen-bond acceptors (Lipinski definition) is 2. The van der Waals surface area contributed by atoms with Crippen molar-refractivity contribution in [1.82, 2.24) is 5.32 Å². The van der Waals surface area contributed by atoms with Crippen molar-refractivity contribution in [3.8, 4) is 0 Å². The van der Waals surface area contributed by atoms with Gasteiger partial charge in [0.15, 0.2) is 0 Å². The molecule has 0 aliphatic carbocycles. The molecule has 1 rings (SSSR count). The summed E-state index contributed by atoms with van der Waals surface area (Å²) in [6.45, 7) is 1.26. The molecule has 0 fully saturated rings. The summed E-state index contributed by atoms with van der Waals surface area (Å²) in [6.07, 6.45) is 0.941. The molecule has 1 amide bonds. The minimum atomic E-state index is 0.170. The smallest absolute Gasteiger partial charge is 0.308 e. The molecule has 3 heteroatoms. The van der Waals surface area contributed by atoms with Gasteiger partial charge in [-0.05, 0) is 12.6 Å². The number of quaternary nitrogens is 1. The van der Waals surface area contributed by atoms with E-state index >= 15 is 0 Å². The van der Waals surface area contributed by atoms with E-state index < -0.39 is 0 Å². The molecule has 3 N–H and O–H groups in total. The van der Waals surface area contributed by atoms with E-state index in [1.165, 1.54) is 5.56 Å². The van der Waals surface area contributed by atoms with Gasteiger partial charge in [-0.3, -0.25) is 5.32 Å². The standard InChI is InChI=1S/C11H16N2O/c1-12-9-11(14)13-8-7-10-5-3-2-4-6-10/h2-6,12H,7-9H2,1H3,(H,13,14)/p+1. The Balaban J connectivity index is 2.19. The van der Waals surface area contributed by atoms with Crippen LogP contribution in [0.3, 0.4) is 0 Å². The highest BCUT2D eigenvalue weighted by molar-refractivity contribution is 5.67. The van der Waals surface area contributed by atoms with Crippen molar-refractivity contribution in [3.05, 3.63) is 35.9 Å². The molecule has 0 heterocycles. The van der Waals surface area contributed by atoms with Gasteiger partial charge in [-0.25, -0.2) is 4.79 Å². The highest BCUT2D eigenvalue weighted by Gasteiger charge is 2.02. The maximum Gasteiger partial charge on any atom is 0.324 e. The molecule has 0 unspecified atom stereocenters. The quantitative estimate of drug-likeness (QED) is 0.664. The average Bonchev–Trinajstić information content (AvgIpc) is 2.20. The van der Waals surface area contributed by atoms with Gasteiger partial charge in [0.05, 0.1) is 6.54 Å². The van der Waals surface area contributed by atoms with Gasteiger partial charge in [0.1, 0.15) is 6.54 Å². The lowest BCUT2D eigenvalue weighted by Crippen LogP contribution is -2.90. The molecule has 0 radical (unpaired) electrons. The Labute approximate surface area is 84.5 Å². The van der Waals surface area contributed by atoms with Crippen LogP contribution >= 0.6 is 0 Å². The first-order valence-electron chi connectivity index (χ1n) is 4.87. The fraction of sp³-hybridized carbons (Fsp3) is 0.364. The van der Waals surface area contributed by atoms with Crippen LogP contribution in [0.4, 0.5) is 0 Å². The van der Waals surface area contributed by atoms with Gasteiger partial charge < -0.3 is 5.32 Å². The third-order valence-corrected chi connectivity index (χ3v) is 2.00. The first-order valence-corrected chi connectivity index (χ1v) is 4.87. The van der Waals surface area contributed by atoms with Crippen LogP contribution in [0.25, 0.3) is 0 Å². The molecular formula is C11H17N2O+. The van der Waals surface area contributed by atoms with Crippen molar-refractivity contribution >= 4 is 5.91 Å². The van der Waals surface area contributed by atoms with Gasteiger partial charge in [0.25, 0.3) is 0 Å². The first-order chi connectivity index (χ1) is 6.83. The zero-order valence-electron chi connectivity index (χ0n) is 8.49. The number of primary amides is 1. The molecule has 0 atom stereocenters. The summed E-state index contributed by atoms with van der Waals surface area (Å²) in [7, 11) is 1.78. The second-order valence-corrected chi connectivity index (χ2v) is 3.23. The minimum absolute atomic E-state index is 0.170. The molecule has 0 saturated heterocycles. The van der Waals surface area contributed by atoms with Gasteiger partial charge >= 0.3 is 5.91 Å². The van der Waals surface area contributed by atoms with Crippen molar-refractivity contribution in [2.24, 2.45) is 0 Å². The summed E-state index contributed by atoms with van der Waals surface area (Å²) in [5.74, 6) is 0.170. The Morgan fingerprint density at radius 2 is 2.07 bits per heavy atom. The molecular weight excluding hydrogens is 176 g/mol. The number of hydrogen-bond donors (Lipinski definition) is 2. The second-order valence-electron chi connectivity index (χ2n) is 3.23. The molecule has 1 aromatic rings. The molecule has 14 heavy (non-hydrogen) atoms. The molecule has 0 spiro atoms. The highest BCUT2D eigenvalue weighted by atomic mass is 16.1. The zero-order chi connectivity index (χ0) is 10.2. The number of amides is 1. The highest BCUT2D eigenvalue weighted by Crippen LogP contribution is 1.96. The van der Waals surface area contributed by atoms with Crippen molar-refractivity contribution in [3.63, 3.8) is 0 Å². The van der Waals surface area contributed by atoms with E-state index in [4.69, 9.17) is 0 Å². The number of likely N-dealkylation sites (N-methyl/N-ethyl adjacent to an activating group) is 1. The number of carbonyl (C=O) groups is 1. The zero-order valence-corrected chi connectivity index (χ0v) is 8.49. The molecule has 0 aromatic heterocycles. The fourth-order valence-electron chi connectivity index (χ4n) is 1.29. The van der Waals surface area contributed by atoms with E-state index in [9.17, 15) is 4.79 Å². The fourth-order valence-corrected chi connectivity index (χ4v) is 1.29. The topological polar surface area (TPSA) is 45.7 Å². The minimum Gasteiger partial charge on any atom is -0.308 e. The summed E-state index contributed by atoms with van der Waals surface area (Å²) >= 11 is 0. The van der Waals surface area contributed by atoms with E-state index in [0.29, 0.717) is 6.54 Å². The Bertz CT molecular complexity index is 272. The van der Waals surface area contributed by atoms with Crippen LogP contribution in [-0.4, -0.2) is 26.0 Å². The predicted molar refractivity (Wildman–Crippen MR) is 55.9 cm³/mol. The third kappa shape index (κ3) is 4.16. The Morgan fingerprint density at radius 3 is 2.71 bits per heavy atom. The lowest BCUT2D eigenvalue weighted by Gasteiger charge is -1.99. The van der Waals surface area contributed by atoms with Gasteiger partial charge in [-0.2, -0.15) is 0 Å². The van der Waals surface area contributed by atoms with E-state index in [0.717, 1.165) is 13.0 Å². The molecule has 1 aromatic carbocycles. The second kappa shape index (κ2) is 6.29. The molecule has 0 aliphatic heterocycles. The number of nitrogens with two attached hydrogens (primary N) is 1. The van der Waals surface area contributed by atoms with E-state index in [1.54, 1.807) is 12.4 Å². The normalized spacial score (nSPS) is 10.1. The van der Waals surface area contributed by atoms with Crippen LogP contribution in [0.5, 0.6) is 0 Å². The average molecular weight is 193 g/mol. The molecule has 76 valence electrons. The maximum absolute atomic E-state index is 11.1. The number of benzene rings is 1. The summed E-state index contributed by atoms with van der Waals surface area (Å²) in [6, 6.07) is 10.2. The van der Waals surface area contributed by atoms with Crippen molar-refractivity contribution in [1.29, 1.82) is 0 Å². The van der Waals surface area contributed by atoms with E-state index in [-0.39, 0.29) is 5.91 Å². The maximum atomic E-state index is 11.1. The molecule has 3 nitrogen and oxygen atoms in total. The Hall–Kier alpha value is -1.19. The van der Waals surface area contributed by atoms with Crippen LogP contribution in [0.15, 0.2) is 30.3 Å². The van der Waals surface area contributed by atoms with Crippen molar-refractivity contribution in [2.45, 2.75) is 6.42 Å². The predicted octanol–water partition coefficient (Wildman–Crippen LogP) is -0.461. The molecule has 0 bridgehead atoms. The Kier molecular flexibility index (Phi) is 4.89. The number of rotatable bonds is 5. The summed E-state index contributed by atoms with van der Waals surface area (Å²) in [4.78, 5) is 11.1.